The van der Waals surface area contributed by atoms with Gasteiger partial charge in [-0.25, -0.2) is 9.48 Å². The Morgan fingerprint density at radius 3 is 3.00 bits per heavy atom. The van der Waals surface area contributed by atoms with E-state index in [9.17, 15) is 4.79 Å². The number of nitrogens with zero attached hydrogens (tertiary/aromatic N) is 3. The first-order valence-electron chi connectivity index (χ1n) is 5.81. The topological polar surface area (TPSA) is 72.1 Å². The van der Waals surface area contributed by atoms with Crippen molar-refractivity contribution in [1.82, 2.24) is 19.7 Å². The number of unbranched alkanes of at least 4 members (excludes halogenated alkanes) is 2. The maximum absolute atomic E-state index is 11.9. The fourth-order valence-corrected chi connectivity index (χ4v) is 1.93. The Morgan fingerprint density at radius 1 is 1.38 bits per heavy atom. The van der Waals surface area contributed by atoms with Gasteiger partial charge in [0.15, 0.2) is 0 Å². The molecule has 6 heteroatoms. The second-order valence-electron chi connectivity index (χ2n) is 4.03. The third-order valence-corrected chi connectivity index (χ3v) is 2.82. The molecular weight excluding hydrogens is 208 g/mol. The molecule has 16 heavy (non-hydrogen) atoms. The van der Waals surface area contributed by atoms with Gasteiger partial charge in [-0.1, -0.05) is 0 Å². The van der Waals surface area contributed by atoms with Crippen LogP contribution in [0.3, 0.4) is 0 Å². The van der Waals surface area contributed by atoms with Gasteiger partial charge < -0.3 is 10.4 Å². The maximum Gasteiger partial charge on any atom is 0.345 e. The van der Waals surface area contributed by atoms with Crippen LogP contribution in [0.5, 0.6) is 0 Å². The molecule has 0 unspecified atom stereocenters. The monoisotopic (exact) mass is 226 g/mol. The van der Waals surface area contributed by atoms with Crippen molar-refractivity contribution in [2.45, 2.75) is 38.9 Å². The van der Waals surface area contributed by atoms with Crippen LogP contribution >= 0.6 is 0 Å². The molecule has 2 rings (SSSR count). The zero-order chi connectivity index (χ0) is 11.4. The molecule has 0 radical (unpaired) electrons. The van der Waals surface area contributed by atoms with E-state index in [2.05, 4.69) is 10.4 Å². The Morgan fingerprint density at radius 2 is 2.25 bits per heavy atom. The van der Waals surface area contributed by atoms with Crippen LogP contribution in [0, 0.1) is 0 Å². The second-order valence-corrected chi connectivity index (χ2v) is 4.03. The lowest BCUT2D eigenvalue weighted by atomic mass is 10.2. The lowest BCUT2D eigenvalue weighted by molar-refractivity contribution is 0.281. The summed E-state index contributed by atoms with van der Waals surface area (Å²) in [7, 11) is 0. The summed E-state index contributed by atoms with van der Waals surface area (Å²) in [6.45, 7) is 3.10. The van der Waals surface area contributed by atoms with Crippen LogP contribution in [0.4, 0.5) is 0 Å². The van der Waals surface area contributed by atoms with E-state index in [1.54, 1.807) is 9.25 Å². The van der Waals surface area contributed by atoms with Gasteiger partial charge in [0.2, 0.25) is 0 Å². The summed E-state index contributed by atoms with van der Waals surface area (Å²) in [6, 6.07) is 0. The molecule has 0 saturated carbocycles. The first kappa shape index (κ1) is 11.3. The van der Waals surface area contributed by atoms with Crippen molar-refractivity contribution in [3.8, 4) is 0 Å². The summed E-state index contributed by atoms with van der Waals surface area (Å²) in [5.74, 6) is 0.832. The van der Waals surface area contributed by atoms with Gasteiger partial charge in [0.25, 0.3) is 0 Å². The van der Waals surface area contributed by atoms with Crippen molar-refractivity contribution in [3.63, 3.8) is 0 Å². The minimum Gasteiger partial charge on any atom is -0.396 e. The molecule has 1 aliphatic heterocycles. The molecule has 0 aliphatic carbocycles. The average Bonchev–Trinajstić information content (AvgIpc) is 2.63. The molecule has 0 bridgehead atoms. The van der Waals surface area contributed by atoms with E-state index in [1.807, 2.05) is 0 Å². The lowest BCUT2D eigenvalue weighted by Crippen LogP contribution is -2.34. The molecular formula is C10H18N4O2. The molecule has 0 saturated heterocycles. The van der Waals surface area contributed by atoms with Crippen LogP contribution in [-0.4, -0.2) is 32.6 Å². The summed E-state index contributed by atoms with van der Waals surface area (Å²) in [5.41, 5.74) is 0.000462. The number of rotatable bonds is 5. The first-order valence-corrected chi connectivity index (χ1v) is 5.81. The quantitative estimate of drug-likeness (QED) is 0.652. The van der Waals surface area contributed by atoms with Gasteiger partial charge in [-0.05, 0) is 19.3 Å². The summed E-state index contributed by atoms with van der Waals surface area (Å²) in [4.78, 5) is 11.9. The predicted molar refractivity (Wildman–Crippen MR) is 59.1 cm³/mol. The van der Waals surface area contributed by atoms with Gasteiger partial charge in [-0.15, -0.1) is 0 Å². The zero-order valence-electron chi connectivity index (χ0n) is 9.35. The smallest absolute Gasteiger partial charge is 0.345 e. The highest BCUT2D eigenvalue weighted by molar-refractivity contribution is 4.90. The lowest BCUT2D eigenvalue weighted by Gasteiger charge is -2.11. The van der Waals surface area contributed by atoms with Crippen molar-refractivity contribution in [2.24, 2.45) is 0 Å². The van der Waals surface area contributed by atoms with Crippen molar-refractivity contribution in [1.29, 1.82) is 0 Å². The highest BCUT2D eigenvalue weighted by Crippen LogP contribution is 2.00. The standard InChI is InChI=1S/C10H18N4O2/c15-7-3-1-2-5-14-10(16)13-6-4-11-8-9(13)12-14/h11,15H,1-8H2. The number of aryl methyl sites for hydroxylation is 1. The zero-order valence-corrected chi connectivity index (χ0v) is 9.35. The highest BCUT2D eigenvalue weighted by Gasteiger charge is 2.15. The molecule has 90 valence electrons. The molecule has 0 spiro atoms. The molecule has 2 N–H and O–H groups in total. The Labute approximate surface area is 93.9 Å². The van der Waals surface area contributed by atoms with E-state index in [1.165, 1.54) is 0 Å². The fourth-order valence-electron chi connectivity index (χ4n) is 1.93. The van der Waals surface area contributed by atoms with E-state index in [0.29, 0.717) is 19.6 Å². The average molecular weight is 226 g/mol. The Kier molecular flexibility index (Phi) is 3.74. The van der Waals surface area contributed by atoms with E-state index >= 15 is 0 Å². The summed E-state index contributed by atoms with van der Waals surface area (Å²) < 4.78 is 3.28. The molecule has 2 heterocycles. The Balaban J connectivity index is 1.99. The van der Waals surface area contributed by atoms with Crippen molar-refractivity contribution in [2.75, 3.05) is 13.2 Å². The maximum atomic E-state index is 11.9. The number of hydrogen-bond donors (Lipinski definition) is 2. The van der Waals surface area contributed by atoms with Gasteiger partial charge in [0, 0.05) is 26.2 Å². The second kappa shape index (κ2) is 5.27. The molecule has 0 fully saturated rings. The summed E-state index contributed by atoms with van der Waals surface area (Å²) >= 11 is 0. The first-order chi connectivity index (χ1) is 7.83. The Bertz CT molecular complexity index is 396. The Hall–Kier alpha value is -1.14. The number of nitrogens with one attached hydrogen (secondary N) is 1. The molecule has 0 aromatic carbocycles. The van der Waals surface area contributed by atoms with Gasteiger partial charge in [-0.2, -0.15) is 5.10 Å². The van der Waals surface area contributed by atoms with E-state index in [-0.39, 0.29) is 12.3 Å². The molecule has 0 atom stereocenters. The molecule has 0 amide bonds. The molecule has 6 nitrogen and oxygen atoms in total. The third kappa shape index (κ3) is 2.33. The summed E-state index contributed by atoms with van der Waals surface area (Å²) in [5, 5.41) is 16.1. The predicted octanol–water partition coefficient (Wildman–Crippen LogP) is -0.689. The SMILES string of the molecule is O=c1n(CCCCCO)nc2n1CCNC2. The largest absolute Gasteiger partial charge is 0.396 e. The van der Waals surface area contributed by atoms with Gasteiger partial charge in [-0.3, -0.25) is 4.57 Å². The van der Waals surface area contributed by atoms with Crippen LogP contribution in [0.2, 0.25) is 0 Å². The van der Waals surface area contributed by atoms with E-state index in [0.717, 1.165) is 31.6 Å². The van der Waals surface area contributed by atoms with Crippen LogP contribution in [-0.2, 0) is 19.6 Å². The molecule has 1 aromatic rings. The van der Waals surface area contributed by atoms with Gasteiger partial charge >= 0.3 is 5.69 Å². The van der Waals surface area contributed by atoms with Crippen molar-refractivity contribution >= 4 is 0 Å². The van der Waals surface area contributed by atoms with Gasteiger partial charge in [0.1, 0.15) is 5.82 Å². The minimum atomic E-state index is 0.000462. The van der Waals surface area contributed by atoms with Crippen LogP contribution in [0.1, 0.15) is 25.1 Å². The summed E-state index contributed by atoms with van der Waals surface area (Å²) in [6.07, 6.45) is 2.62. The fraction of sp³-hybridized carbons (Fsp3) is 0.800. The van der Waals surface area contributed by atoms with E-state index < -0.39 is 0 Å². The third-order valence-electron chi connectivity index (χ3n) is 2.82. The van der Waals surface area contributed by atoms with Crippen molar-refractivity contribution in [3.05, 3.63) is 16.3 Å². The van der Waals surface area contributed by atoms with Gasteiger partial charge in [0.05, 0.1) is 6.54 Å². The molecule has 1 aliphatic rings. The highest BCUT2D eigenvalue weighted by atomic mass is 16.2. The van der Waals surface area contributed by atoms with Crippen LogP contribution < -0.4 is 11.0 Å². The number of fused-ring (bicyclic) bond motifs is 1. The number of aromatic nitrogens is 3. The van der Waals surface area contributed by atoms with Crippen LogP contribution in [0.15, 0.2) is 4.79 Å². The molecule has 1 aromatic heterocycles. The normalized spacial score (nSPS) is 15.1. The van der Waals surface area contributed by atoms with E-state index in [4.69, 9.17) is 5.11 Å². The number of hydrogen-bond acceptors (Lipinski definition) is 4. The minimum absolute atomic E-state index is 0.000462. The number of aliphatic hydroxyl groups excluding tert-OH is 1. The van der Waals surface area contributed by atoms with Crippen LogP contribution in [0.25, 0.3) is 0 Å². The van der Waals surface area contributed by atoms with Crippen molar-refractivity contribution < 1.29 is 5.11 Å². The number of aliphatic hydroxyl groups is 1.